The summed E-state index contributed by atoms with van der Waals surface area (Å²) in [4.78, 5) is 81.7. The van der Waals surface area contributed by atoms with Gasteiger partial charge in [-0.05, 0) is 44.5 Å². The molecule has 0 bridgehead atoms. The lowest BCUT2D eigenvalue weighted by Crippen LogP contribution is -2.78. The van der Waals surface area contributed by atoms with Gasteiger partial charge in [-0.1, -0.05) is 25.5 Å². The smallest absolute Gasteiger partial charge is 0.309 e. The summed E-state index contributed by atoms with van der Waals surface area (Å²) in [5, 5.41) is 22.4. The molecule has 0 radical (unpaired) electrons. The SMILES string of the molecule is C[C@H]1c2cccc(O)c2C(=O)C2C(=O)[C@]3(O)C(=O)C(C(N)=O)C(=O)C(N(C)C)[C@@H]3[C@@H](OC(=O)C3CCC3)[C@@H]21. The van der Waals surface area contributed by atoms with Gasteiger partial charge in [-0.25, -0.2) is 0 Å². The Morgan fingerprint density at radius 2 is 1.76 bits per heavy atom. The Kier molecular flexibility index (Phi) is 6.07. The summed E-state index contributed by atoms with van der Waals surface area (Å²) in [6, 6.07) is 3.06. The number of phenolic OH excluding ortho intramolecular Hbond substituents is 1. The van der Waals surface area contributed by atoms with Gasteiger partial charge in [0.1, 0.15) is 11.9 Å². The Morgan fingerprint density at radius 3 is 2.32 bits per heavy atom. The van der Waals surface area contributed by atoms with Gasteiger partial charge in [0, 0.05) is 5.92 Å². The Hall–Kier alpha value is -3.44. The molecule has 11 nitrogen and oxygen atoms in total. The number of nitrogens with two attached hydrogens (primary N) is 1. The Morgan fingerprint density at radius 1 is 1.11 bits per heavy atom. The van der Waals surface area contributed by atoms with Gasteiger partial charge in [-0.3, -0.25) is 33.7 Å². The van der Waals surface area contributed by atoms with Gasteiger partial charge in [0.05, 0.1) is 29.4 Å². The van der Waals surface area contributed by atoms with Gasteiger partial charge in [-0.2, -0.15) is 0 Å². The number of primary amides is 1. The number of hydrogen-bond donors (Lipinski definition) is 3. The first-order chi connectivity index (χ1) is 17.8. The number of aromatic hydroxyl groups is 1. The molecule has 8 atom stereocenters. The Bertz CT molecular complexity index is 1290. The number of amides is 1. The number of Topliss-reactive ketones (excluding diaryl/α,β-unsaturated/α-hetero) is 4. The van der Waals surface area contributed by atoms with E-state index in [2.05, 4.69) is 0 Å². The molecule has 4 aliphatic rings. The predicted molar refractivity (Wildman–Crippen MR) is 129 cm³/mol. The van der Waals surface area contributed by atoms with E-state index in [1.54, 1.807) is 19.1 Å². The quantitative estimate of drug-likeness (QED) is 0.349. The zero-order valence-electron chi connectivity index (χ0n) is 21.2. The minimum Gasteiger partial charge on any atom is -0.507 e. The molecule has 0 spiro atoms. The molecule has 3 fully saturated rings. The monoisotopic (exact) mass is 526 g/mol. The molecule has 1 amide bonds. The fourth-order valence-corrected chi connectivity index (χ4v) is 6.94. The average molecular weight is 527 g/mol. The van der Waals surface area contributed by atoms with Crippen molar-refractivity contribution in [3.05, 3.63) is 29.3 Å². The molecule has 38 heavy (non-hydrogen) atoms. The average Bonchev–Trinajstić information content (AvgIpc) is 2.79. The number of esters is 1. The minimum absolute atomic E-state index is 0.115. The van der Waals surface area contributed by atoms with Crippen LogP contribution in [0, 0.1) is 29.6 Å². The summed E-state index contributed by atoms with van der Waals surface area (Å²) >= 11 is 0. The Balaban J connectivity index is 1.75. The summed E-state index contributed by atoms with van der Waals surface area (Å²) in [6.07, 6.45) is 0.579. The molecule has 0 aromatic heterocycles. The summed E-state index contributed by atoms with van der Waals surface area (Å²) in [6.45, 7) is 1.70. The number of benzene rings is 1. The van der Waals surface area contributed by atoms with Crippen LogP contribution in [0.3, 0.4) is 0 Å². The van der Waals surface area contributed by atoms with Crippen molar-refractivity contribution < 1.29 is 43.7 Å². The van der Waals surface area contributed by atoms with Crippen LogP contribution in [-0.4, -0.2) is 82.0 Å². The van der Waals surface area contributed by atoms with Crippen LogP contribution in [0.4, 0.5) is 0 Å². The maximum Gasteiger partial charge on any atom is 0.309 e. The third-order valence-corrected chi connectivity index (χ3v) is 9.02. The fourth-order valence-electron chi connectivity index (χ4n) is 6.94. The summed E-state index contributed by atoms with van der Waals surface area (Å²) in [7, 11) is 2.95. The number of carbonyl (C=O) groups excluding carboxylic acids is 6. The minimum atomic E-state index is -3.01. The number of rotatable bonds is 4. The molecule has 1 aromatic carbocycles. The molecular formula is C27H30N2O9. The molecule has 11 heteroatoms. The molecule has 3 saturated carbocycles. The van der Waals surface area contributed by atoms with Crippen LogP contribution in [0.25, 0.3) is 0 Å². The van der Waals surface area contributed by atoms with Crippen molar-refractivity contribution in [2.24, 2.45) is 35.3 Å². The summed E-state index contributed by atoms with van der Waals surface area (Å²) in [5.74, 6) is -14.1. The zero-order chi connectivity index (χ0) is 27.8. The highest BCUT2D eigenvalue weighted by Crippen LogP contribution is 2.55. The second-order valence-electron chi connectivity index (χ2n) is 11.1. The molecule has 202 valence electrons. The molecule has 0 aliphatic heterocycles. The van der Waals surface area contributed by atoms with E-state index >= 15 is 0 Å². The van der Waals surface area contributed by atoms with Crippen LogP contribution >= 0.6 is 0 Å². The fraction of sp³-hybridized carbons (Fsp3) is 0.556. The number of nitrogens with zero attached hydrogens (tertiary/aromatic N) is 1. The maximum atomic E-state index is 14.1. The summed E-state index contributed by atoms with van der Waals surface area (Å²) < 4.78 is 5.97. The van der Waals surface area contributed by atoms with Gasteiger partial charge < -0.3 is 20.7 Å². The molecule has 1 aromatic rings. The lowest BCUT2D eigenvalue weighted by Gasteiger charge is -2.56. The number of fused-ring (bicyclic) bond motifs is 3. The molecular weight excluding hydrogens is 496 g/mol. The van der Waals surface area contributed by atoms with Crippen molar-refractivity contribution in [2.75, 3.05) is 14.1 Å². The number of likely N-dealkylation sites (N-methyl/N-ethyl adjacent to an activating group) is 1. The van der Waals surface area contributed by atoms with Crippen LogP contribution in [0.5, 0.6) is 5.75 Å². The van der Waals surface area contributed by atoms with Gasteiger partial charge in [0.2, 0.25) is 5.91 Å². The Labute approximate surface area is 218 Å². The standard InChI is InChI=1S/C27H30N2O9/c1-10-12-8-5-9-13(30)15(12)20(31)16-14(10)22(38-26(36)11-6-4-7-11)18-19(29(2)3)21(32)17(25(28)35)24(34)27(18,37)23(16)33/h5,8-11,14,16-19,22,30,37H,4,6-7H2,1-3H3,(H2,28,35)/t10-,14+,16?,17?,18+,19?,22-,27-/m0/s1. The van der Waals surface area contributed by atoms with Gasteiger partial charge in [0.25, 0.3) is 0 Å². The van der Waals surface area contributed by atoms with Crippen LogP contribution in [-0.2, 0) is 28.7 Å². The number of ketones is 4. The van der Waals surface area contributed by atoms with Crippen molar-refractivity contribution in [1.29, 1.82) is 0 Å². The zero-order valence-corrected chi connectivity index (χ0v) is 21.2. The molecule has 0 saturated heterocycles. The topological polar surface area (TPSA) is 181 Å². The lowest BCUT2D eigenvalue weighted by atomic mass is 9.49. The van der Waals surface area contributed by atoms with Crippen molar-refractivity contribution in [2.45, 2.75) is 49.9 Å². The van der Waals surface area contributed by atoms with E-state index in [1.165, 1.54) is 25.1 Å². The third-order valence-electron chi connectivity index (χ3n) is 9.02. The normalized spacial score (nSPS) is 36.7. The second kappa shape index (κ2) is 8.81. The van der Waals surface area contributed by atoms with Crippen molar-refractivity contribution in [3.8, 4) is 5.75 Å². The molecule has 4 aliphatic carbocycles. The molecule has 4 N–H and O–H groups in total. The van der Waals surface area contributed by atoms with E-state index in [9.17, 15) is 39.0 Å². The van der Waals surface area contributed by atoms with Crippen LogP contribution in [0.15, 0.2) is 18.2 Å². The highest BCUT2D eigenvalue weighted by atomic mass is 16.5. The number of phenols is 1. The maximum absolute atomic E-state index is 14.1. The first kappa shape index (κ1) is 26.2. The number of ether oxygens (including phenoxy) is 1. The molecule has 3 unspecified atom stereocenters. The van der Waals surface area contributed by atoms with Gasteiger partial charge >= 0.3 is 5.97 Å². The first-order valence-corrected chi connectivity index (χ1v) is 12.7. The number of carbonyl (C=O) groups is 6. The van der Waals surface area contributed by atoms with Crippen molar-refractivity contribution in [1.82, 2.24) is 4.90 Å². The van der Waals surface area contributed by atoms with Crippen molar-refractivity contribution >= 4 is 35.0 Å². The number of aliphatic hydroxyl groups is 1. The van der Waals surface area contributed by atoms with Crippen LogP contribution in [0.2, 0.25) is 0 Å². The predicted octanol–water partition coefficient (Wildman–Crippen LogP) is -0.250. The highest BCUT2D eigenvalue weighted by molar-refractivity contribution is 6.32. The van der Waals surface area contributed by atoms with E-state index in [0.717, 1.165) is 6.42 Å². The third kappa shape index (κ3) is 3.34. The van der Waals surface area contributed by atoms with Crippen LogP contribution < -0.4 is 5.73 Å². The van der Waals surface area contributed by atoms with E-state index in [-0.39, 0.29) is 11.3 Å². The van der Waals surface area contributed by atoms with Crippen LogP contribution in [0.1, 0.15) is 48.0 Å². The number of hydrogen-bond acceptors (Lipinski definition) is 10. The summed E-state index contributed by atoms with van der Waals surface area (Å²) in [5.41, 5.74) is 2.67. The van der Waals surface area contributed by atoms with E-state index in [1.807, 2.05) is 0 Å². The first-order valence-electron chi connectivity index (χ1n) is 12.7. The van der Waals surface area contributed by atoms with Crippen molar-refractivity contribution in [3.63, 3.8) is 0 Å². The van der Waals surface area contributed by atoms with E-state index < -0.39 is 88.3 Å². The lowest BCUT2D eigenvalue weighted by molar-refractivity contribution is -0.208. The van der Waals surface area contributed by atoms with E-state index in [4.69, 9.17) is 10.5 Å². The largest absolute Gasteiger partial charge is 0.507 e. The van der Waals surface area contributed by atoms with E-state index in [0.29, 0.717) is 18.4 Å². The van der Waals surface area contributed by atoms with Gasteiger partial charge in [0.15, 0.2) is 34.7 Å². The highest BCUT2D eigenvalue weighted by Gasteiger charge is 2.74. The van der Waals surface area contributed by atoms with Gasteiger partial charge in [-0.15, -0.1) is 0 Å². The second-order valence-corrected chi connectivity index (χ2v) is 11.1. The molecule has 0 heterocycles. The molecule has 5 rings (SSSR count).